The van der Waals surface area contributed by atoms with E-state index < -0.39 is 0 Å². The van der Waals surface area contributed by atoms with Gasteiger partial charge in [0.2, 0.25) is 0 Å². The molecule has 0 bridgehead atoms. The molecule has 2 atom stereocenters. The third-order valence-corrected chi connectivity index (χ3v) is 5.88. The van der Waals surface area contributed by atoms with Gasteiger partial charge in [0.05, 0.1) is 11.7 Å². The quantitative estimate of drug-likeness (QED) is 0.435. The first-order valence-corrected chi connectivity index (χ1v) is 10.5. The molecule has 154 valence electrons. The molecule has 4 nitrogen and oxygen atoms in total. The Bertz CT molecular complexity index is 1220. The van der Waals surface area contributed by atoms with Crippen LogP contribution in [0.15, 0.2) is 91.3 Å². The number of thiocarbonyl (C=S) groups is 1. The van der Waals surface area contributed by atoms with Crippen LogP contribution in [0.2, 0.25) is 0 Å². The largest absolute Gasteiger partial charge is 0.351 e. The maximum Gasteiger partial charge on any atom is 0.174 e. The maximum atomic E-state index is 13.6. The Balaban J connectivity index is 1.67. The van der Waals surface area contributed by atoms with Crippen LogP contribution in [-0.4, -0.2) is 14.7 Å². The lowest BCUT2D eigenvalue weighted by Crippen LogP contribution is -2.30. The lowest BCUT2D eigenvalue weighted by atomic mass is 10.0. The minimum atomic E-state index is -0.275. The van der Waals surface area contributed by atoms with E-state index in [9.17, 15) is 4.39 Å². The van der Waals surface area contributed by atoms with Gasteiger partial charge in [0.25, 0.3) is 0 Å². The summed E-state index contributed by atoms with van der Waals surface area (Å²) in [5.74, 6) is -0.275. The van der Waals surface area contributed by atoms with E-state index in [1.807, 2.05) is 24.3 Å². The van der Waals surface area contributed by atoms with Crippen LogP contribution in [0.4, 0.5) is 10.1 Å². The molecule has 1 aliphatic heterocycles. The molecular formula is C25H21FN4S. The van der Waals surface area contributed by atoms with Gasteiger partial charge < -0.3 is 14.8 Å². The number of rotatable bonds is 4. The number of aromatic nitrogens is 2. The SMILES string of the molecule is Cc1cccc(-n2cccc2C2C(c3ccccn3)NC(=S)N2c2ccc(F)cc2)c1. The average molecular weight is 429 g/mol. The fourth-order valence-electron chi connectivity index (χ4n) is 4.18. The van der Waals surface area contributed by atoms with Crippen molar-refractivity contribution in [3.63, 3.8) is 0 Å². The summed E-state index contributed by atoms with van der Waals surface area (Å²) in [6, 6.07) is 24.5. The molecule has 2 aromatic carbocycles. The van der Waals surface area contributed by atoms with Crippen molar-refractivity contribution in [2.45, 2.75) is 19.0 Å². The summed E-state index contributed by atoms with van der Waals surface area (Å²) in [6.45, 7) is 2.08. The average Bonchev–Trinajstić information content (AvgIpc) is 3.39. The minimum Gasteiger partial charge on any atom is -0.351 e. The van der Waals surface area contributed by atoms with Gasteiger partial charge >= 0.3 is 0 Å². The third kappa shape index (κ3) is 3.59. The van der Waals surface area contributed by atoms with Gasteiger partial charge in [-0.05, 0) is 85.4 Å². The molecule has 0 radical (unpaired) electrons. The minimum absolute atomic E-state index is 0.155. The van der Waals surface area contributed by atoms with E-state index in [0.717, 1.165) is 22.8 Å². The van der Waals surface area contributed by atoms with Gasteiger partial charge in [-0.2, -0.15) is 0 Å². The second kappa shape index (κ2) is 7.96. The normalized spacial score (nSPS) is 18.3. The molecule has 3 heterocycles. The van der Waals surface area contributed by atoms with E-state index in [1.54, 1.807) is 18.3 Å². The first-order chi connectivity index (χ1) is 15.1. The number of halogens is 1. The highest BCUT2D eigenvalue weighted by molar-refractivity contribution is 7.80. The molecule has 0 aliphatic carbocycles. The second-order valence-corrected chi connectivity index (χ2v) is 8.00. The van der Waals surface area contributed by atoms with Crippen LogP contribution in [0.5, 0.6) is 0 Å². The number of pyridine rings is 1. The first-order valence-electron chi connectivity index (χ1n) is 10.1. The zero-order chi connectivity index (χ0) is 21.4. The number of nitrogens with zero attached hydrogens (tertiary/aromatic N) is 3. The van der Waals surface area contributed by atoms with Gasteiger partial charge in [-0.25, -0.2) is 4.39 Å². The van der Waals surface area contributed by atoms with Crippen molar-refractivity contribution >= 4 is 23.0 Å². The van der Waals surface area contributed by atoms with Crippen LogP contribution >= 0.6 is 12.2 Å². The lowest BCUT2D eigenvalue weighted by Gasteiger charge is -2.29. The molecule has 1 aliphatic rings. The van der Waals surface area contributed by atoms with Crippen LogP contribution in [0.3, 0.4) is 0 Å². The van der Waals surface area contributed by atoms with Gasteiger partial charge in [-0.1, -0.05) is 18.2 Å². The van der Waals surface area contributed by atoms with E-state index in [0.29, 0.717) is 5.11 Å². The van der Waals surface area contributed by atoms with Crippen molar-refractivity contribution in [2.24, 2.45) is 0 Å². The predicted molar refractivity (Wildman–Crippen MR) is 125 cm³/mol. The fourth-order valence-corrected chi connectivity index (χ4v) is 4.53. The molecule has 2 unspecified atom stereocenters. The van der Waals surface area contributed by atoms with Crippen molar-refractivity contribution in [1.29, 1.82) is 0 Å². The Kier molecular flexibility index (Phi) is 5.00. The van der Waals surface area contributed by atoms with Gasteiger partial charge in [0, 0.05) is 29.5 Å². The van der Waals surface area contributed by atoms with Crippen molar-refractivity contribution in [1.82, 2.24) is 14.9 Å². The van der Waals surface area contributed by atoms with Crippen LogP contribution < -0.4 is 10.2 Å². The Labute approximate surface area is 186 Å². The number of hydrogen-bond donors (Lipinski definition) is 1. The molecule has 0 amide bonds. The van der Waals surface area contributed by atoms with E-state index >= 15 is 0 Å². The molecule has 4 aromatic rings. The van der Waals surface area contributed by atoms with Gasteiger partial charge in [-0.15, -0.1) is 0 Å². The maximum absolute atomic E-state index is 13.6. The highest BCUT2D eigenvalue weighted by Gasteiger charge is 2.42. The molecule has 5 rings (SSSR count). The lowest BCUT2D eigenvalue weighted by molar-refractivity contribution is 0.549. The highest BCUT2D eigenvalue weighted by Crippen LogP contribution is 2.42. The fraction of sp³-hybridized carbons (Fsp3) is 0.120. The summed E-state index contributed by atoms with van der Waals surface area (Å²) in [4.78, 5) is 6.65. The number of nitrogens with one attached hydrogen (secondary N) is 1. The summed E-state index contributed by atoms with van der Waals surface area (Å²) in [7, 11) is 0. The van der Waals surface area contributed by atoms with Crippen molar-refractivity contribution < 1.29 is 4.39 Å². The second-order valence-electron chi connectivity index (χ2n) is 7.62. The Morgan fingerprint density at radius 1 is 0.935 bits per heavy atom. The van der Waals surface area contributed by atoms with Gasteiger partial charge in [-0.3, -0.25) is 4.98 Å². The molecule has 6 heteroatoms. The Morgan fingerprint density at radius 3 is 2.52 bits per heavy atom. The molecule has 1 fully saturated rings. The molecule has 0 spiro atoms. The van der Waals surface area contributed by atoms with Crippen molar-refractivity contribution in [2.75, 3.05) is 4.90 Å². The number of aryl methyl sites for hydroxylation is 1. The molecule has 0 saturated carbocycles. The molecular weight excluding hydrogens is 407 g/mol. The van der Waals surface area contributed by atoms with Crippen LogP contribution in [0.1, 0.15) is 29.0 Å². The zero-order valence-electron chi connectivity index (χ0n) is 16.9. The van der Waals surface area contributed by atoms with Gasteiger partial charge in [0.1, 0.15) is 11.9 Å². The Morgan fingerprint density at radius 2 is 1.77 bits per heavy atom. The summed E-state index contributed by atoms with van der Waals surface area (Å²) in [5, 5.41) is 4.04. The number of hydrogen-bond acceptors (Lipinski definition) is 2. The molecule has 31 heavy (non-hydrogen) atoms. The topological polar surface area (TPSA) is 33.1 Å². The van der Waals surface area contributed by atoms with E-state index in [1.165, 1.54) is 17.7 Å². The summed E-state index contributed by atoms with van der Waals surface area (Å²) < 4.78 is 15.8. The van der Waals surface area contributed by atoms with Gasteiger partial charge in [0.15, 0.2) is 5.11 Å². The summed E-state index contributed by atoms with van der Waals surface area (Å²) in [6.07, 6.45) is 3.85. The number of benzene rings is 2. The first kappa shape index (κ1) is 19.5. The molecule has 1 N–H and O–H groups in total. The zero-order valence-corrected chi connectivity index (χ0v) is 17.8. The van der Waals surface area contributed by atoms with Crippen LogP contribution in [0.25, 0.3) is 5.69 Å². The monoisotopic (exact) mass is 428 g/mol. The Hall–Kier alpha value is -3.51. The van der Waals surface area contributed by atoms with Crippen molar-refractivity contribution in [3.8, 4) is 5.69 Å². The highest BCUT2D eigenvalue weighted by atomic mass is 32.1. The third-order valence-electron chi connectivity index (χ3n) is 5.57. The van der Waals surface area contributed by atoms with Crippen molar-refractivity contribution in [3.05, 3.63) is 114 Å². The van der Waals surface area contributed by atoms with E-state index in [4.69, 9.17) is 12.2 Å². The summed E-state index contributed by atoms with van der Waals surface area (Å²) in [5.41, 5.74) is 5.07. The smallest absolute Gasteiger partial charge is 0.174 e. The van der Waals surface area contributed by atoms with E-state index in [2.05, 4.69) is 63.2 Å². The standard InChI is InChI=1S/C25H21FN4S/c1-17-6-4-7-20(16-17)29-15-5-9-22(29)24-23(21-8-2-3-14-27-21)28-25(31)30(24)19-12-10-18(26)11-13-19/h2-16,23-24H,1H3,(H,28,31). The van der Waals surface area contributed by atoms with E-state index in [-0.39, 0.29) is 17.9 Å². The summed E-state index contributed by atoms with van der Waals surface area (Å²) >= 11 is 5.75. The van der Waals surface area contributed by atoms with Crippen LogP contribution in [0, 0.1) is 12.7 Å². The number of anilines is 1. The molecule has 2 aromatic heterocycles. The predicted octanol–water partition coefficient (Wildman–Crippen LogP) is 5.50. The molecule has 1 saturated heterocycles. The van der Waals surface area contributed by atoms with Crippen LogP contribution in [-0.2, 0) is 0 Å².